The van der Waals surface area contributed by atoms with E-state index in [0.717, 1.165) is 0 Å². The van der Waals surface area contributed by atoms with Crippen molar-refractivity contribution in [3.8, 4) is 11.8 Å². The summed E-state index contributed by atoms with van der Waals surface area (Å²) in [5.41, 5.74) is -0.592. The van der Waals surface area contributed by atoms with E-state index in [-0.39, 0.29) is 18.8 Å². The summed E-state index contributed by atoms with van der Waals surface area (Å²) in [6.45, 7) is 5.20. The van der Waals surface area contributed by atoms with E-state index < -0.39 is 17.5 Å². The van der Waals surface area contributed by atoms with Crippen LogP contribution < -0.4 is 0 Å². The molecular weight excluding hydrogens is 214 g/mol. The molecule has 0 radical (unpaired) electrons. The van der Waals surface area contributed by atoms with Gasteiger partial charge in [-0.15, -0.1) is 0 Å². The quantitative estimate of drug-likeness (QED) is 0.363. The van der Waals surface area contributed by atoms with Crippen molar-refractivity contribution in [1.82, 2.24) is 0 Å². The number of halogens is 2. The minimum atomic E-state index is -2.62. The zero-order valence-corrected chi connectivity index (χ0v) is 9.77. The number of carbonyl (C=O) groups is 1. The fourth-order valence-electron chi connectivity index (χ4n) is 1.54. The van der Waals surface area contributed by atoms with Gasteiger partial charge in [0, 0.05) is 24.7 Å². The third-order valence-corrected chi connectivity index (χ3v) is 2.18. The average Bonchev–Trinajstić information content (AvgIpc) is 2.39. The summed E-state index contributed by atoms with van der Waals surface area (Å²) in [6, 6.07) is 0. The van der Waals surface area contributed by atoms with Gasteiger partial charge in [0.05, 0.1) is 0 Å². The third-order valence-electron chi connectivity index (χ3n) is 2.18. The molecule has 16 heavy (non-hydrogen) atoms. The first-order valence-corrected chi connectivity index (χ1v) is 5.30. The molecule has 1 saturated carbocycles. The van der Waals surface area contributed by atoms with Crippen LogP contribution in [-0.2, 0) is 9.53 Å². The normalized spacial score (nSPS) is 23.4. The second kappa shape index (κ2) is 4.40. The molecule has 1 rings (SSSR count). The van der Waals surface area contributed by atoms with Gasteiger partial charge >= 0.3 is 5.97 Å². The van der Waals surface area contributed by atoms with Gasteiger partial charge in [0.25, 0.3) is 0 Å². The van der Waals surface area contributed by atoms with Gasteiger partial charge in [-0.1, -0.05) is 5.92 Å². The maximum absolute atomic E-state index is 12.8. The summed E-state index contributed by atoms with van der Waals surface area (Å²) >= 11 is 0. The lowest BCUT2D eigenvalue weighted by Crippen LogP contribution is -2.22. The van der Waals surface area contributed by atoms with Gasteiger partial charge in [-0.05, 0) is 27.2 Å². The molecule has 0 aromatic heterocycles. The summed E-state index contributed by atoms with van der Waals surface area (Å²) in [5.74, 6) is 1.17. The van der Waals surface area contributed by atoms with E-state index in [9.17, 15) is 13.6 Å². The molecule has 0 aromatic carbocycles. The van der Waals surface area contributed by atoms with E-state index >= 15 is 0 Å². The summed E-state index contributed by atoms with van der Waals surface area (Å²) < 4.78 is 30.6. The van der Waals surface area contributed by atoms with Crippen molar-refractivity contribution in [2.75, 3.05) is 0 Å². The van der Waals surface area contributed by atoms with Crippen LogP contribution in [0.3, 0.4) is 0 Å². The SMILES string of the molecule is CC(C)(C)OC(=O)C#CC1CCC(F)(F)C1. The summed E-state index contributed by atoms with van der Waals surface area (Å²) in [6.07, 6.45) is -0.0355. The Morgan fingerprint density at radius 2 is 2.06 bits per heavy atom. The van der Waals surface area contributed by atoms with Crippen LogP contribution >= 0.6 is 0 Å². The molecule has 1 unspecified atom stereocenters. The van der Waals surface area contributed by atoms with Crippen LogP contribution in [-0.4, -0.2) is 17.5 Å². The highest BCUT2D eigenvalue weighted by atomic mass is 19.3. The zero-order chi connectivity index (χ0) is 12.4. The molecule has 1 aliphatic rings. The Balaban J connectivity index is 2.47. The first kappa shape index (κ1) is 13.0. The van der Waals surface area contributed by atoms with Crippen molar-refractivity contribution in [1.29, 1.82) is 0 Å². The second-order valence-electron chi connectivity index (χ2n) is 5.07. The first-order valence-electron chi connectivity index (χ1n) is 5.30. The zero-order valence-electron chi connectivity index (χ0n) is 9.77. The van der Waals surface area contributed by atoms with Gasteiger partial charge in [-0.25, -0.2) is 13.6 Å². The summed E-state index contributed by atoms with van der Waals surface area (Å²) in [4.78, 5) is 11.2. The van der Waals surface area contributed by atoms with E-state index in [1.54, 1.807) is 20.8 Å². The van der Waals surface area contributed by atoms with E-state index in [4.69, 9.17) is 4.74 Å². The second-order valence-corrected chi connectivity index (χ2v) is 5.07. The van der Waals surface area contributed by atoms with E-state index in [2.05, 4.69) is 11.8 Å². The lowest BCUT2D eigenvalue weighted by atomic mass is 10.1. The lowest BCUT2D eigenvalue weighted by molar-refractivity contribution is -0.147. The Morgan fingerprint density at radius 3 is 2.50 bits per heavy atom. The van der Waals surface area contributed by atoms with Crippen molar-refractivity contribution >= 4 is 5.97 Å². The van der Waals surface area contributed by atoms with Crippen LogP contribution in [0.15, 0.2) is 0 Å². The van der Waals surface area contributed by atoms with Crippen LogP contribution in [0.5, 0.6) is 0 Å². The van der Waals surface area contributed by atoms with Gasteiger partial charge in [0.2, 0.25) is 5.92 Å². The molecule has 0 aliphatic heterocycles. The van der Waals surface area contributed by atoms with E-state index in [1.807, 2.05) is 0 Å². The number of esters is 1. The Hall–Kier alpha value is -1.11. The number of carbonyl (C=O) groups excluding carboxylic acids is 1. The highest BCUT2D eigenvalue weighted by Gasteiger charge is 2.38. The third kappa shape index (κ3) is 4.61. The maximum Gasteiger partial charge on any atom is 0.384 e. The monoisotopic (exact) mass is 230 g/mol. The fraction of sp³-hybridized carbons (Fsp3) is 0.750. The van der Waals surface area contributed by atoms with Crippen LogP contribution in [0.4, 0.5) is 8.78 Å². The molecule has 0 spiro atoms. The Kier molecular flexibility index (Phi) is 3.57. The summed E-state index contributed by atoms with van der Waals surface area (Å²) in [5, 5.41) is 0. The predicted octanol–water partition coefficient (Wildman–Crippen LogP) is 2.77. The number of rotatable bonds is 0. The van der Waals surface area contributed by atoms with E-state index in [1.165, 1.54) is 0 Å². The molecule has 0 aromatic rings. The van der Waals surface area contributed by atoms with E-state index in [0.29, 0.717) is 6.42 Å². The van der Waals surface area contributed by atoms with Crippen LogP contribution in [0.1, 0.15) is 40.0 Å². The lowest BCUT2D eigenvalue weighted by Gasteiger charge is -2.17. The Morgan fingerprint density at radius 1 is 1.44 bits per heavy atom. The first-order chi connectivity index (χ1) is 7.18. The Bertz CT molecular complexity index is 331. The molecule has 0 saturated heterocycles. The van der Waals surface area contributed by atoms with Gasteiger partial charge in [0.1, 0.15) is 5.60 Å². The van der Waals surface area contributed by atoms with Crippen molar-refractivity contribution in [2.24, 2.45) is 5.92 Å². The van der Waals surface area contributed by atoms with Gasteiger partial charge < -0.3 is 4.74 Å². The Labute approximate surface area is 94.4 Å². The minimum Gasteiger partial charge on any atom is -0.450 e. The summed E-state index contributed by atoms with van der Waals surface area (Å²) in [7, 11) is 0. The molecule has 1 aliphatic carbocycles. The average molecular weight is 230 g/mol. The van der Waals surface area contributed by atoms with Gasteiger partial charge in [-0.2, -0.15) is 0 Å². The molecule has 2 nitrogen and oxygen atoms in total. The standard InChI is InChI=1S/C12H16F2O2/c1-11(2,3)16-10(15)5-4-9-6-7-12(13,14)8-9/h9H,6-8H2,1-3H3. The highest BCUT2D eigenvalue weighted by molar-refractivity contribution is 5.88. The molecular formula is C12H16F2O2. The van der Waals surface area contributed by atoms with Gasteiger partial charge in [-0.3, -0.25) is 0 Å². The predicted molar refractivity (Wildman–Crippen MR) is 55.9 cm³/mol. The molecule has 0 amide bonds. The maximum atomic E-state index is 12.8. The van der Waals surface area contributed by atoms with Crippen molar-refractivity contribution < 1.29 is 18.3 Å². The van der Waals surface area contributed by atoms with Crippen molar-refractivity contribution in [3.05, 3.63) is 0 Å². The molecule has 90 valence electrons. The molecule has 0 bridgehead atoms. The van der Waals surface area contributed by atoms with Crippen LogP contribution in [0.2, 0.25) is 0 Å². The molecule has 1 fully saturated rings. The number of hydrogen-bond acceptors (Lipinski definition) is 2. The molecule has 0 heterocycles. The topological polar surface area (TPSA) is 26.3 Å². The van der Waals surface area contributed by atoms with Crippen molar-refractivity contribution in [2.45, 2.75) is 51.6 Å². The smallest absolute Gasteiger partial charge is 0.384 e. The van der Waals surface area contributed by atoms with Crippen molar-refractivity contribution in [3.63, 3.8) is 0 Å². The van der Waals surface area contributed by atoms with Gasteiger partial charge in [0.15, 0.2) is 0 Å². The minimum absolute atomic E-state index is 0.138. The number of ether oxygens (including phenoxy) is 1. The fourth-order valence-corrected chi connectivity index (χ4v) is 1.54. The molecule has 0 N–H and O–H groups in total. The number of hydrogen-bond donors (Lipinski definition) is 0. The molecule has 4 heteroatoms. The molecule has 1 atom stereocenters. The number of alkyl halides is 2. The van der Waals surface area contributed by atoms with Crippen LogP contribution in [0, 0.1) is 17.8 Å². The highest BCUT2D eigenvalue weighted by Crippen LogP contribution is 2.38. The largest absolute Gasteiger partial charge is 0.450 e. The van der Waals surface area contributed by atoms with Crippen LogP contribution in [0.25, 0.3) is 0 Å².